The van der Waals surface area contributed by atoms with Gasteiger partial charge in [0.15, 0.2) is 0 Å². The molecule has 1 saturated heterocycles. The van der Waals surface area contributed by atoms with Gasteiger partial charge in [0, 0.05) is 5.41 Å². The molecule has 15 heavy (non-hydrogen) atoms. The summed E-state index contributed by atoms with van der Waals surface area (Å²) in [6, 6.07) is 0. The average Bonchev–Trinajstić information content (AvgIpc) is 3.01. The summed E-state index contributed by atoms with van der Waals surface area (Å²) < 4.78 is 16.2. The van der Waals surface area contributed by atoms with Gasteiger partial charge in [-0.25, -0.2) is 4.98 Å². The first kappa shape index (κ1) is 9.26. The van der Waals surface area contributed by atoms with Crippen LogP contribution in [-0.2, 0) is 9.47 Å². The number of nitrogens with zero attached hydrogens (tertiary/aromatic N) is 2. The Morgan fingerprint density at radius 1 is 1.40 bits per heavy atom. The van der Waals surface area contributed by atoms with Crippen molar-refractivity contribution in [1.82, 2.24) is 9.88 Å². The van der Waals surface area contributed by atoms with Crippen LogP contribution in [0.3, 0.4) is 0 Å². The fourth-order valence-electron chi connectivity index (χ4n) is 1.56. The van der Waals surface area contributed by atoms with Crippen LogP contribution in [0.1, 0.15) is 5.89 Å². The number of aromatic nitrogens is 1. The first-order valence-corrected chi connectivity index (χ1v) is 5.71. The Balaban J connectivity index is 1.82. The summed E-state index contributed by atoms with van der Waals surface area (Å²) in [4.78, 5) is 6.12. The molecule has 0 amide bonds. The number of hydrogen-bond donors (Lipinski definition) is 0. The molecular formula is C9H10N2O3S. The van der Waals surface area contributed by atoms with Crippen molar-refractivity contribution < 1.29 is 13.9 Å². The molecule has 1 aromatic rings. The van der Waals surface area contributed by atoms with E-state index in [-0.39, 0.29) is 6.41 Å². The van der Waals surface area contributed by atoms with E-state index in [0.717, 1.165) is 11.6 Å². The number of oxazole rings is 1. The number of ether oxygens (including phenoxy) is 2. The molecule has 0 N–H and O–H groups in total. The Hall–Kier alpha value is -0.980. The molecule has 3 heterocycles. The van der Waals surface area contributed by atoms with Crippen molar-refractivity contribution in [1.29, 1.82) is 0 Å². The van der Waals surface area contributed by atoms with Crippen molar-refractivity contribution in [2.45, 2.75) is 6.41 Å². The highest BCUT2D eigenvalue weighted by molar-refractivity contribution is 8.02. The maximum atomic E-state index is 5.45. The molecule has 6 heteroatoms. The molecule has 2 aliphatic rings. The Kier molecular flexibility index (Phi) is 2.40. The van der Waals surface area contributed by atoms with Gasteiger partial charge in [0.1, 0.15) is 12.0 Å². The van der Waals surface area contributed by atoms with Crippen molar-refractivity contribution in [2.24, 2.45) is 0 Å². The van der Waals surface area contributed by atoms with Crippen molar-refractivity contribution >= 4 is 17.5 Å². The van der Waals surface area contributed by atoms with Crippen LogP contribution in [0, 0.1) is 0 Å². The van der Waals surface area contributed by atoms with Gasteiger partial charge in [0.2, 0.25) is 12.3 Å². The summed E-state index contributed by atoms with van der Waals surface area (Å²) in [5, 5.41) is 2.01. The van der Waals surface area contributed by atoms with E-state index < -0.39 is 0 Å². The van der Waals surface area contributed by atoms with E-state index in [0.29, 0.717) is 19.1 Å². The zero-order chi connectivity index (χ0) is 10.1. The average molecular weight is 226 g/mol. The second-order valence-corrected chi connectivity index (χ2v) is 3.98. The molecule has 5 nitrogen and oxygen atoms in total. The van der Waals surface area contributed by atoms with Crippen LogP contribution in [0.4, 0.5) is 0 Å². The first-order valence-electron chi connectivity index (χ1n) is 4.66. The van der Waals surface area contributed by atoms with E-state index in [1.54, 1.807) is 24.2 Å². The summed E-state index contributed by atoms with van der Waals surface area (Å²) in [6.45, 7) is 1.29. The third-order valence-corrected chi connectivity index (χ3v) is 3.05. The molecule has 0 spiro atoms. The molecule has 0 atom stereocenters. The molecule has 0 aromatic carbocycles. The molecule has 0 aliphatic carbocycles. The first-order chi connectivity index (χ1) is 7.45. The lowest BCUT2D eigenvalue weighted by atomic mass is 10.4. The summed E-state index contributed by atoms with van der Waals surface area (Å²) in [5.41, 5.74) is 0.928. The molecule has 0 unspecified atom stereocenters. The van der Waals surface area contributed by atoms with Crippen LogP contribution in [0.5, 0.6) is 0 Å². The van der Waals surface area contributed by atoms with Crippen LogP contribution in [0.2, 0.25) is 0 Å². The number of rotatable bonds is 2. The lowest BCUT2D eigenvalue weighted by molar-refractivity contribution is -0.120. The van der Waals surface area contributed by atoms with Gasteiger partial charge in [-0.1, -0.05) is 0 Å². The monoisotopic (exact) mass is 226 g/mol. The van der Waals surface area contributed by atoms with Crippen LogP contribution < -0.4 is 0 Å². The smallest absolute Gasteiger partial charge is 0.243 e. The van der Waals surface area contributed by atoms with E-state index in [2.05, 4.69) is 4.98 Å². The molecule has 2 aliphatic heterocycles. The largest absolute Gasteiger partial charge is 0.443 e. The zero-order valence-electron chi connectivity index (χ0n) is 7.96. The normalized spacial score (nSPS) is 22.4. The molecule has 1 fully saturated rings. The maximum Gasteiger partial charge on any atom is 0.243 e. The van der Waals surface area contributed by atoms with Gasteiger partial charge < -0.3 is 18.8 Å². The predicted molar refractivity (Wildman–Crippen MR) is 54.5 cm³/mol. The van der Waals surface area contributed by atoms with Gasteiger partial charge in [-0.05, 0) is 0 Å². The Bertz CT molecular complexity index is 359. The van der Waals surface area contributed by atoms with E-state index >= 15 is 0 Å². The molecule has 0 bridgehead atoms. The number of thioether (sulfide) groups is 1. The summed E-state index contributed by atoms with van der Waals surface area (Å²) in [5.74, 6) is 1.42. The van der Waals surface area contributed by atoms with Crippen LogP contribution >= 0.6 is 11.8 Å². The minimum Gasteiger partial charge on any atom is -0.443 e. The maximum absolute atomic E-state index is 5.45. The van der Waals surface area contributed by atoms with Gasteiger partial charge in [-0.15, -0.1) is 11.8 Å². The summed E-state index contributed by atoms with van der Waals surface area (Å²) in [6.07, 6.45) is 2.90. The van der Waals surface area contributed by atoms with E-state index in [1.807, 2.05) is 10.3 Å². The van der Waals surface area contributed by atoms with Crippen molar-refractivity contribution in [3.63, 3.8) is 0 Å². The predicted octanol–water partition coefficient (Wildman–Crippen LogP) is 1.31. The lowest BCUT2D eigenvalue weighted by Gasteiger charge is -2.24. The highest BCUT2D eigenvalue weighted by atomic mass is 32.2. The van der Waals surface area contributed by atoms with E-state index in [4.69, 9.17) is 13.9 Å². The highest BCUT2D eigenvalue weighted by Crippen LogP contribution is 2.33. The van der Waals surface area contributed by atoms with Crippen molar-refractivity contribution in [3.05, 3.63) is 23.8 Å². The Labute approximate surface area is 91.0 Å². The fraction of sp³-hybridized carbons (Fsp3) is 0.444. The molecule has 0 saturated carbocycles. The summed E-state index contributed by atoms with van der Waals surface area (Å²) >= 11 is 1.68. The standard InChI is InChI=1S/C9H10N2O3S/c1-2-12-8(10-1)7-5-15-6-11(7)9-13-3-4-14-9/h1-2,5,9H,3-4,6H2. The number of hydrogen-bond acceptors (Lipinski definition) is 6. The van der Waals surface area contributed by atoms with Gasteiger partial charge in [0.05, 0.1) is 25.3 Å². The topological polar surface area (TPSA) is 47.7 Å². The SMILES string of the molecule is C1=C(c2ncco2)N(C2OCCO2)CS1. The van der Waals surface area contributed by atoms with E-state index in [9.17, 15) is 0 Å². The second-order valence-electron chi connectivity index (χ2n) is 3.15. The highest BCUT2D eigenvalue weighted by Gasteiger charge is 2.31. The molecule has 1 aromatic heterocycles. The van der Waals surface area contributed by atoms with Crippen LogP contribution in [0.25, 0.3) is 5.70 Å². The second kappa shape index (κ2) is 3.88. The molecule has 3 rings (SSSR count). The van der Waals surface area contributed by atoms with E-state index in [1.165, 1.54) is 0 Å². The zero-order valence-corrected chi connectivity index (χ0v) is 8.77. The summed E-state index contributed by atoms with van der Waals surface area (Å²) in [7, 11) is 0. The molecular weight excluding hydrogens is 216 g/mol. The fourth-order valence-corrected chi connectivity index (χ4v) is 2.45. The lowest BCUT2D eigenvalue weighted by Crippen LogP contribution is -2.32. The van der Waals surface area contributed by atoms with Gasteiger partial charge in [-0.2, -0.15) is 0 Å². The van der Waals surface area contributed by atoms with Crippen LogP contribution in [-0.4, -0.2) is 35.4 Å². The van der Waals surface area contributed by atoms with Gasteiger partial charge in [0.25, 0.3) is 0 Å². The third-order valence-electron chi connectivity index (χ3n) is 2.23. The Morgan fingerprint density at radius 2 is 2.27 bits per heavy atom. The quantitative estimate of drug-likeness (QED) is 0.757. The van der Waals surface area contributed by atoms with Crippen LogP contribution in [0.15, 0.2) is 22.3 Å². The minimum atomic E-state index is -0.293. The Morgan fingerprint density at radius 3 is 3.00 bits per heavy atom. The van der Waals surface area contributed by atoms with Crippen molar-refractivity contribution in [2.75, 3.05) is 19.1 Å². The molecule has 80 valence electrons. The van der Waals surface area contributed by atoms with Crippen molar-refractivity contribution in [3.8, 4) is 0 Å². The molecule has 0 radical (unpaired) electrons. The third kappa shape index (κ3) is 1.64. The van der Waals surface area contributed by atoms with Gasteiger partial charge in [-0.3, -0.25) is 0 Å². The van der Waals surface area contributed by atoms with Gasteiger partial charge >= 0.3 is 0 Å². The minimum absolute atomic E-state index is 0.293.